The molecule has 7 nitrogen and oxygen atoms in total. The van der Waals surface area contributed by atoms with Crippen LogP contribution in [0.15, 0.2) is 27.7 Å². The zero-order valence-corrected chi connectivity index (χ0v) is 21.2. The first kappa shape index (κ1) is 24.6. The number of rotatable bonds is 4. The van der Waals surface area contributed by atoms with Gasteiger partial charge < -0.3 is 19.5 Å². The number of aromatic nitrogens is 2. The third kappa shape index (κ3) is 6.16. The fourth-order valence-electron chi connectivity index (χ4n) is 3.41. The van der Waals surface area contributed by atoms with Crippen LogP contribution in [0.2, 0.25) is 0 Å². The molecule has 2 heterocycles. The van der Waals surface area contributed by atoms with E-state index in [0.29, 0.717) is 24.9 Å². The Morgan fingerprint density at radius 3 is 2.70 bits per heavy atom. The highest BCUT2D eigenvalue weighted by molar-refractivity contribution is 14.0. The van der Waals surface area contributed by atoms with E-state index in [1.807, 2.05) is 0 Å². The summed E-state index contributed by atoms with van der Waals surface area (Å²) in [5, 5.41) is 7.47. The van der Waals surface area contributed by atoms with Crippen LogP contribution in [0.4, 0.5) is 0 Å². The number of nitrogens with zero attached hydrogens (tertiary/aromatic N) is 4. The Bertz CT molecular complexity index is 859. The number of hydrogen-bond acceptors (Lipinski definition) is 5. The summed E-state index contributed by atoms with van der Waals surface area (Å²) in [6.07, 6.45) is 0.0332. The van der Waals surface area contributed by atoms with Crippen molar-refractivity contribution in [3.8, 4) is 0 Å². The van der Waals surface area contributed by atoms with Gasteiger partial charge in [-0.2, -0.15) is 4.98 Å². The summed E-state index contributed by atoms with van der Waals surface area (Å²) in [6, 6.07) is 6.53. The molecule has 2 aromatic rings. The second-order valence-electron chi connectivity index (χ2n) is 8.60. The van der Waals surface area contributed by atoms with Crippen molar-refractivity contribution < 1.29 is 9.26 Å². The summed E-state index contributed by atoms with van der Waals surface area (Å²) in [5.74, 6) is 2.09. The van der Waals surface area contributed by atoms with E-state index in [9.17, 15) is 0 Å². The fraction of sp³-hybridized carbons (Fsp3) is 0.591. The molecule has 0 amide bonds. The van der Waals surface area contributed by atoms with E-state index in [-0.39, 0.29) is 35.5 Å². The second-order valence-corrected chi connectivity index (χ2v) is 8.60. The SMILES string of the molecule is CCNC(=NCc1noc(C(C)(C)C)n1)N1CCOC(c2ccc(C)cc2C)C1.I. The average molecular weight is 527 g/mol. The highest BCUT2D eigenvalue weighted by Crippen LogP contribution is 2.26. The van der Waals surface area contributed by atoms with Crippen molar-refractivity contribution in [2.75, 3.05) is 26.2 Å². The Morgan fingerprint density at radius 2 is 2.07 bits per heavy atom. The molecule has 0 spiro atoms. The van der Waals surface area contributed by atoms with Crippen LogP contribution in [-0.4, -0.2) is 47.2 Å². The molecule has 1 atom stereocenters. The number of aliphatic imine (C=N–C) groups is 1. The largest absolute Gasteiger partial charge is 0.370 e. The minimum Gasteiger partial charge on any atom is -0.370 e. The predicted octanol–water partition coefficient (Wildman–Crippen LogP) is 4.14. The number of ether oxygens (including phenoxy) is 1. The molecule has 30 heavy (non-hydrogen) atoms. The van der Waals surface area contributed by atoms with E-state index in [0.717, 1.165) is 25.6 Å². The monoisotopic (exact) mass is 527 g/mol. The minimum absolute atomic E-state index is 0. The summed E-state index contributed by atoms with van der Waals surface area (Å²) in [5.41, 5.74) is 3.61. The maximum absolute atomic E-state index is 6.08. The fourth-order valence-corrected chi connectivity index (χ4v) is 3.41. The van der Waals surface area contributed by atoms with Crippen LogP contribution in [-0.2, 0) is 16.7 Å². The van der Waals surface area contributed by atoms with E-state index in [2.05, 4.69) is 80.1 Å². The molecule has 0 bridgehead atoms. The van der Waals surface area contributed by atoms with Gasteiger partial charge in [-0.05, 0) is 31.9 Å². The van der Waals surface area contributed by atoms with Crippen LogP contribution in [0, 0.1) is 13.8 Å². The second kappa shape index (κ2) is 10.6. The quantitative estimate of drug-likeness (QED) is 0.366. The first-order valence-corrected chi connectivity index (χ1v) is 10.3. The molecule has 0 aliphatic carbocycles. The zero-order valence-electron chi connectivity index (χ0n) is 18.9. The Labute approximate surface area is 196 Å². The van der Waals surface area contributed by atoms with Crippen LogP contribution in [0.3, 0.4) is 0 Å². The molecule has 1 aliphatic rings. The van der Waals surface area contributed by atoms with Crippen LogP contribution < -0.4 is 5.32 Å². The van der Waals surface area contributed by atoms with Crippen molar-refractivity contribution in [1.29, 1.82) is 0 Å². The number of nitrogens with one attached hydrogen (secondary N) is 1. The minimum atomic E-state index is -0.164. The standard InChI is InChI=1S/C22H33N5O2.HI/c1-7-23-21(24-13-19-25-20(29-26-19)22(4,5)6)27-10-11-28-18(14-27)17-9-8-15(2)12-16(17)3;/h8-9,12,18H,7,10-11,13-14H2,1-6H3,(H,23,24);1H. The Morgan fingerprint density at radius 1 is 1.30 bits per heavy atom. The Balaban J connectivity index is 0.00000320. The molecule has 0 saturated carbocycles. The average Bonchev–Trinajstić information content (AvgIpc) is 3.15. The molecular formula is C22H34IN5O2. The summed E-state index contributed by atoms with van der Waals surface area (Å²) in [4.78, 5) is 11.5. The van der Waals surface area contributed by atoms with E-state index in [1.165, 1.54) is 16.7 Å². The lowest BCUT2D eigenvalue weighted by Gasteiger charge is -2.35. The summed E-state index contributed by atoms with van der Waals surface area (Å²) in [7, 11) is 0. The molecule has 1 aromatic heterocycles. The van der Waals surface area contributed by atoms with Gasteiger partial charge in [-0.25, -0.2) is 4.99 Å². The van der Waals surface area contributed by atoms with Crippen molar-refractivity contribution in [2.45, 2.75) is 59.6 Å². The van der Waals surface area contributed by atoms with E-state index in [4.69, 9.17) is 14.3 Å². The Kier molecular flexibility index (Phi) is 8.66. The topological polar surface area (TPSA) is 75.8 Å². The first-order chi connectivity index (χ1) is 13.8. The van der Waals surface area contributed by atoms with Gasteiger partial charge in [0.15, 0.2) is 11.8 Å². The highest BCUT2D eigenvalue weighted by Gasteiger charge is 2.26. The van der Waals surface area contributed by atoms with Crippen molar-refractivity contribution in [1.82, 2.24) is 20.4 Å². The van der Waals surface area contributed by atoms with E-state index < -0.39 is 0 Å². The van der Waals surface area contributed by atoms with E-state index in [1.54, 1.807) is 0 Å². The van der Waals surface area contributed by atoms with Crippen LogP contribution in [0.1, 0.15) is 62.2 Å². The number of morpholine rings is 1. The van der Waals surface area contributed by atoms with Crippen molar-refractivity contribution in [3.05, 3.63) is 46.6 Å². The lowest BCUT2D eigenvalue weighted by molar-refractivity contribution is -0.00835. The van der Waals surface area contributed by atoms with Gasteiger partial charge in [-0.15, -0.1) is 24.0 Å². The molecule has 1 N–H and O–H groups in total. The summed E-state index contributed by atoms with van der Waals surface area (Å²) >= 11 is 0. The lowest BCUT2D eigenvalue weighted by Crippen LogP contribution is -2.48. The first-order valence-electron chi connectivity index (χ1n) is 10.3. The van der Waals surface area contributed by atoms with Crippen LogP contribution in [0.25, 0.3) is 0 Å². The number of aryl methyl sites for hydroxylation is 2. The third-order valence-corrected chi connectivity index (χ3v) is 4.95. The van der Waals surface area contributed by atoms with Gasteiger partial charge >= 0.3 is 0 Å². The van der Waals surface area contributed by atoms with Gasteiger partial charge in [-0.3, -0.25) is 0 Å². The zero-order chi connectivity index (χ0) is 21.0. The maximum atomic E-state index is 6.08. The molecule has 1 fully saturated rings. The number of halogens is 1. The van der Waals surface area contributed by atoms with Crippen LogP contribution >= 0.6 is 24.0 Å². The number of hydrogen-bond donors (Lipinski definition) is 1. The normalized spacial score (nSPS) is 17.6. The lowest BCUT2D eigenvalue weighted by atomic mass is 9.97. The smallest absolute Gasteiger partial charge is 0.232 e. The molecule has 8 heteroatoms. The van der Waals surface area contributed by atoms with Crippen LogP contribution in [0.5, 0.6) is 0 Å². The van der Waals surface area contributed by atoms with Gasteiger partial charge in [-0.1, -0.05) is 49.7 Å². The maximum Gasteiger partial charge on any atom is 0.232 e. The van der Waals surface area contributed by atoms with Crippen molar-refractivity contribution in [2.24, 2.45) is 4.99 Å². The molecule has 1 unspecified atom stereocenters. The van der Waals surface area contributed by atoms with Gasteiger partial charge in [0.05, 0.1) is 13.2 Å². The van der Waals surface area contributed by atoms with Crippen molar-refractivity contribution in [3.63, 3.8) is 0 Å². The molecular weight excluding hydrogens is 493 g/mol. The molecule has 1 saturated heterocycles. The van der Waals surface area contributed by atoms with Gasteiger partial charge in [0.25, 0.3) is 0 Å². The highest BCUT2D eigenvalue weighted by atomic mass is 127. The molecule has 1 aliphatic heterocycles. The number of guanidine groups is 1. The number of benzene rings is 1. The molecule has 3 rings (SSSR count). The molecule has 166 valence electrons. The van der Waals surface area contributed by atoms with Gasteiger partial charge in [0.2, 0.25) is 5.89 Å². The predicted molar refractivity (Wildman–Crippen MR) is 129 cm³/mol. The summed E-state index contributed by atoms with van der Waals surface area (Å²) < 4.78 is 11.5. The van der Waals surface area contributed by atoms with Crippen molar-refractivity contribution >= 4 is 29.9 Å². The van der Waals surface area contributed by atoms with Gasteiger partial charge in [0.1, 0.15) is 12.6 Å². The van der Waals surface area contributed by atoms with E-state index >= 15 is 0 Å². The third-order valence-electron chi connectivity index (χ3n) is 4.95. The summed E-state index contributed by atoms with van der Waals surface area (Å²) in [6.45, 7) is 15.9. The Hall–Kier alpha value is -1.68. The molecule has 0 radical (unpaired) electrons. The molecule has 1 aromatic carbocycles. The van der Waals surface area contributed by atoms with Gasteiger partial charge in [0, 0.05) is 18.5 Å².